The predicted molar refractivity (Wildman–Crippen MR) is 132 cm³/mol. The summed E-state index contributed by atoms with van der Waals surface area (Å²) in [5.74, 6) is 1.00. The molecule has 3 aromatic rings. The molecule has 6 nitrogen and oxygen atoms in total. The van der Waals surface area contributed by atoms with Gasteiger partial charge in [-0.1, -0.05) is 45.0 Å². The average Bonchev–Trinajstić information content (AvgIpc) is 3.39. The number of aryl methyl sites for hydroxylation is 1. The van der Waals surface area contributed by atoms with Gasteiger partial charge in [0.15, 0.2) is 0 Å². The van der Waals surface area contributed by atoms with Gasteiger partial charge in [0.25, 0.3) is 0 Å². The largest absolute Gasteiger partial charge is 0.341 e. The molecule has 33 heavy (non-hydrogen) atoms. The minimum atomic E-state index is -0.0469. The van der Waals surface area contributed by atoms with E-state index in [0.29, 0.717) is 13.0 Å². The lowest BCUT2D eigenvalue weighted by Crippen LogP contribution is -2.35. The number of imidazole rings is 1. The van der Waals surface area contributed by atoms with Crippen LogP contribution in [-0.4, -0.2) is 45.9 Å². The van der Waals surface area contributed by atoms with E-state index in [-0.39, 0.29) is 24.3 Å². The van der Waals surface area contributed by atoms with E-state index in [1.54, 1.807) is 0 Å². The second-order valence-corrected chi connectivity index (χ2v) is 8.85. The van der Waals surface area contributed by atoms with Crippen LogP contribution in [0.15, 0.2) is 48.5 Å². The molecule has 2 amide bonds. The third kappa shape index (κ3) is 4.80. The molecule has 1 aliphatic rings. The van der Waals surface area contributed by atoms with Gasteiger partial charge in [-0.25, -0.2) is 4.98 Å². The average molecular weight is 447 g/mol. The topological polar surface area (TPSA) is 58.4 Å². The Morgan fingerprint density at radius 2 is 1.73 bits per heavy atom. The molecule has 1 atom stereocenters. The van der Waals surface area contributed by atoms with Crippen molar-refractivity contribution in [2.75, 3.05) is 24.5 Å². The Bertz CT molecular complexity index is 1110. The standard InChI is InChI=1S/C27H34N4O2/c1-4-15-29(16-5-2)26(33)19-31-24-10-8-7-9-23(24)28-27(31)21-17-25(32)30(18-21)22-13-11-20(6-3)12-14-22/h7-14,21H,4-6,15-19H2,1-3H3. The summed E-state index contributed by atoms with van der Waals surface area (Å²) in [6.45, 7) is 8.68. The highest BCUT2D eigenvalue weighted by molar-refractivity contribution is 5.96. The zero-order chi connectivity index (χ0) is 23.4. The minimum Gasteiger partial charge on any atom is -0.341 e. The lowest BCUT2D eigenvalue weighted by atomic mass is 10.1. The molecule has 2 aromatic carbocycles. The summed E-state index contributed by atoms with van der Waals surface area (Å²) in [5, 5.41) is 0. The quantitative estimate of drug-likeness (QED) is 0.476. The Balaban J connectivity index is 1.63. The van der Waals surface area contributed by atoms with Gasteiger partial charge in [0.1, 0.15) is 12.4 Å². The van der Waals surface area contributed by atoms with Crippen molar-refractivity contribution < 1.29 is 9.59 Å². The number of nitrogens with zero attached hydrogens (tertiary/aromatic N) is 4. The van der Waals surface area contributed by atoms with E-state index in [9.17, 15) is 9.59 Å². The van der Waals surface area contributed by atoms with Crippen molar-refractivity contribution in [1.82, 2.24) is 14.5 Å². The van der Waals surface area contributed by atoms with Crippen LogP contribution in [0.5, 0.6) is 0 Å². The second kappa shape index (κ2) is 10.2. The highest BCUT2D eigenvalue weighted by atomic mass is 16.2. The number of rotatable bonds is 9. The van der Waals surface area contributed by atoms with Crippen LogP contribution in [-0.2, 0) is 22.6 Å². The molecule has 6 heteroatoms. The van der Waals surface area contributed by atoms with Gasteiger partial charge in [-0.3, -0.25) is 9.59 Å². The molecule has 0 bridgehead atoms. The zero-order valence-electron chi connectivity index (χ0n) is 20.0. The van der Waals surface area contributed by atoms with Crippen LogP contribution in [0.1, 0.15) is 57.3 Å². The van der Waals surface area contributed by atoms with Gasteiger partial charge in [-0.2, -0.15) is 0 Å². The first-order chi connectivity index (χ1) is 16.0. The van der Waals surface area contributed by atoms with Gasteiger partial charge in [-0.05, 0) is 49.1 Å². The predicted octanol–water partition coefficient (Wildman–Crippen LogP) is 4.77. The van der Waals surface area contributed by atoms with Crippen molar-refractivity contribution in [3.8, 4) is 0 Å². The maximum absolute atomic E-state index is 13.2. The second-order valence-electron chi connectivity index (χ2n) is 8.85. The smallest absolute Gasteiger partial charge is 0.242 e. The summed E-state index contributed by atoms with van der Waals surface area (Å²) in [6.07, 6.45) is 3.25. The summed E-state index contributed by atoms with van der Waals surface area (Å²) < 4.78 is 2.04. The number of anilines is 1. The molecule has 0 aliphatic carbocycles. The van der Waals surface area contributed by atoms with Crippen LogP contribution in [0.4, 0.5) is 5.69 Å². The van der Waals surface area contributed by atoms with E-state index in [1.165, 1.54) is 5.56 Å². The summed E-state index contributed by atoms with van der Waals surface area (Å²) in [5.41, 5.74) is 4.00. The Hall–Kier alpha value is -3.15. The first kappa shape index (κ1) is 23.0. The molecule has 1 fully saturated rings. The monoisotopic (exact) mass is 446 g/mol. The fourth-order valence-corrected chi connectivity index (χ4v) is 4.75. The van der Waals surface area contributed by atoms with Crippen molar-refractivity contribution in [3.63, 3.8) is 0 Å². The number of hydrogen-bond donors (Lipinski definition) is 0. The first-order valence-electron chi connectivity index (χ1n) is 12.2. The van der Waals surface area contributed by atoms with E-state index in [0.717, 1.165) is 54.9 Å². The van der Waals surface area contributed by atoms with Crippen molar-refractivity contribution in [2.24, 2.45) is 0 Å². The van der Waals surface area contributed by atoms with Crippen LogP contribution in [0.25, 0.3) is 11.0 Å². The number of hydrogen-bond acceptors (Lipinski definition) is 3. The number of benzene rings is 2. The summed E-state index contributed by atoms with van der Waals surface area (Å²) in [7, 11) is 0. The fourth-order valence-electron chi connectivity index (χ4n) is 4.75. The SMILES string of the molecule is CCCN(CCC)C(=O)Cn1c(C2CC(=O)N(c3ccc(CC)cc3)C2)nc2ccccc21. The maximum Gasteiger partial charge on any atom is 0.242 e. The van der Waals surface area contributed by atoms with Gasteiger partial charge in [0.05, 0.1) is 11.0 Å². The highest BCUT2D eigenvalue weighted by Crippen LogP contribution is 2.33. The normalized spacial score (nSPS) is 16.0. The van der Waals surface area contributed by atoms with E-state index < -0.39 is 0 Å². The Morgan fingerprint density at radius 3 is 2.39 bits per heavy atom. The van der Waals surface area contributed by atoms with Crippen LogP contribution in [0.2, 0.25) is 0 Å². The molecule has 1 saturated heterocycles. The van der Waals surface area contributed by atoms with Gasteiger partial charge in [0.2, 0.25) is 11.8 Å². The molecule has 1 unspecified atom stereocenters. The molecule has 0 saturated carbocycles. The first-order valence-corrected chi connectivity index (χ1v) is 12.2. The fraction of sp³-hybridized carbons (Fsp3) is 0.444. The molecular formula is C27H34N4O2. The van der Waals surface area contributed by atoms with Gasteiger partial charge in [-0.15, -0.1) is 0 Å². The van der Waals surface area contributed by atoms with Gasteiger partial charge < -0.3 is 14.4 Å². The number of amides is 2. The van der Waals surface area contributed by atoms with Gasteiger partial charge >= 0.3 is 0 Å². The Morgan fingerprint density at radius 1 is 1.03 bits per heavy atom. The molecule has 0 spiro atoms. The number of carbonyl (C=O) groups excluding carboxylic acids is 2. The van der Waals surface area contributed by atoms with Crippen LogP contribution in [0.3, 0.4) is 0 Å². The van der Waals surface area contributed by atoms with Crippen molar-refractivity contribution >= 4 is 28.5 Å². The third-order valence-corrected chi connectivity index (χ3v) is 6.46. The number of aromatic nitrogens is 2. The number of carbonyl (C=O) groups is 2. The summed E-state index contributed by atoms with van der Waals surface area (Å²) in [6, 6.07) is 16.2. The van der Waals surface area contributed by atoms with E-state index in [4.69, 9.17) is 4.98 Å². The molecule has 1 aliphatic heterocycles. The lowest BCUT2D eigenvalue weighted by molar-refractivity contribution is -0.131. The van der Waals surface area contributed by atoms with Crippen molar-refractivity contribution in [1.29, 1.82) is 0 Å². The van der Waals surface area contributed by atoms with E-state index >= 15 is 0 Å². The van der Waals surface area contributed by atoms with Crippen LogP contribution < -0.4 is 4.90 Å². The van der Waals surface area contributed by atoms with Gasteiger partial charge in [0, 0.05) is 37.7 Å². The Kier molecular flexibility index (Phi) is 7.11. The molecule has 2 heterocycles. The van der Waals surface area contributed by atoms with Crippen molar-refractivity contribution in [3.05, 3.63) is 59.9 Å². The Labute approximate surface area is 196 Å². The number of para-hydroxylation sites is 2. The van der Waals surface area contributed by atoms with E-state index in [1.807, 2.05) is 50.8 Å². The minimum absolute atomic E-state index is 0.0469. The molecule has 1 aromatic heterocycles. The van der Waals surface area contributed by atoms with Crippen molar-refractivity contribution in [2.45, 2.75) is 58.9 Å². The summed E-state index contributed by atoms with van der Waals surface area (Å²) in [4.78, 5) is 34.9. The molecule has 174 valence electrons. The maximum atomic E-state index is 13.2. The molecule has 4 rings (SSSR count). The lowest BCUT2D eigenvalue weighted by Gasteiger charge is -2.23. The molecule has 0 radical (unpaired) electrons. The third-order valence-electron chi connectivity index (χ3n) is 6.46. The molecule has 0 N–H and O–H groups in total. The molecular weight excluding hydrogens is 412 g/mol. The number of fused-ring (bicyclic) bond motifs is 1. The highest BCUT2D eigenvalue weighted by Gasteiger charge is 2.35. The zero-order valence-corrected chi connectivity index (χ0v) is 20.0. The van der Waals surface area contributed by atoms with Crippen LogP contribution in [0, 0.1) is 0 Å². The summed E-state index contributed by atoms with van der Waals surface area (Å²) >= 11 is 0. The van der Waals surface area contributed by atoms with Crippen LogP contribution >= 0.6 is 0 Å². The van der Waals surface area contributed by atoms with E-state index in [2.05, 4.69) is 32.9 Å².